The number of benzene rings is 1. The fourth-order valence-electron chi connectivity index (χ4n) is 1.33. The zero-order valence-corrected chi connectivity index (χ0v) is 11.2. The number of ether oxygens (including phenoxy) is 1. The highest BCUT2D eigenvalue weighted by molar-refractivity contribution is 6.59. The smallest absolute Gasteiger partial charge is 0.419 e. The summed E-state index contributed by atoms with van der Waals surface area (Å²) in [6.45, 7) is 1.57. The minimum Gasteiger partial charge on any atom is -0.461 e. The number of carbonyl (C=O) groups excluding carboxylic acids is 1. The lowest BCUT2D eigenvalue weighted by Crippen LogP contribution is -2.20. The number of carbonyl (C=O) groups is 1. The van der Waals surface area contributed by atoms with Crippen LogP contribution in [-0.2, 0) is 15.7 Å². The lowest BCUT2D eigenvalue weighted by molar-refractivity contribution is -0.140. The minimum atomic E-state index is -4.81. The molecule has 0 bridgehead atoms. The van der Waals surface area contributed by atoms with E-state index in [0.29, 0.717) is 18.3 Å². The molecule has 2 N–H and O–H groups in total. The molecule has 1 aromatic carbocycles. The van der Waals surface area contributed by atoms with Crippen LogP contribution in [0.4, 0.5) is 23.2 Å². The third kappa shape index (κ3) is 4.72. The van der Waals surface area contributed by atoms with Gasteiger partial charge < -0.3 is 9.94 Å². The fourth-order valence-corrected chi connectivity index (χ4v) is 1.33. The van der Waals surface area contributed by atoms with E-state index in [9.17, 15) is 22.4 Å². The van der Waals surface area contributed by atoms with Gasteiger partial charge in [-0.05, 0) is 25.1 Å². The molecule has 0 spiro atoms. The molecule has 10 heteroatoms. The molecule has 0 aliphatic rings. The molecule has 6 nitrogen and oxygen atoms in total. The van der Waals surface area contributed by atoms with Crippen molar-refractivity contribution < 1.29 is 32.3 Å². The van der Waals surface area contributed by atoms with Gasteiger partial charge in [0.1, 0.15) is 12.0 Å². The number of nitrogens with zero attached hydrogens (tertiary/aromatic N) is 2. The molecule has 0 amide bonds. The number of alkyl halides is 3. The molecule has 0 saturated heterocycles. The maximum absolute atomic E-state index is 13.3. The summed E-state index contributed by atoms with van der Waals surface area (Å²) in [5, 5.41) is 14.5. The number of nitrogens with one attached hydrogen (secondary N) is 1. The Morgan fingerprint density at radius 1 is 1.45 bits per heavy atom. The van der Waals surface area contributed by atoms with Crippen molar-refractivity contribution in [1.82, 2.24) is 0 Å². The zero-order chi connectivity index (χ0) is 16.8. The van der Waals surface area contributed by atoms with Gasteiger partial charge in [-0.25, -0.2) is 9.18 Å². The molecule has 1 aromatic rings. The number of hydrazone groups is 1. The number of oxime groups is 1. The second-order valence-electron chi connectivity index (χ2n) is 3.77. The van der Waals surface area contributed by atoms with Crippen LogP contribution in [0.3, 0.4) is 0 Å². The van der Waals surface area contributed by atoms with Gasteiger partial charge in [0.05, 0.1) is 17.9 Å². The van der Waals surface area contributed by atoms with Crippen LogP contribution in [0.15, 0.2) is 28.5 Å². The molecule has 0 saturated carbocycles. The predicted octanol–water partition coefficient (Wildman–Crippen LogP) is 2.64. The van der Waals surface area contributed by atoms with E-state index >= 15 is 0 Å². The quantitative estimate of drug-likeness (QED) is 0.287. The van der Waals surface area contributed by atoms with E-state index in [1.165, 1.54) is 6.92 Å². The topological polar surface area (TPSA) is 83.3 Å². The standard InChI is InChI=1S/C12H11F4N3O3/c1-2-22-11(20)10(6-17-21)19-18-7-3-4-8(9(13)5-7)12(14,15)16/h3-6,18,21H,2H2,1H3/b17-6+,19-10-. The van der Waals surface area contributed by atoms with Gasteiger partial charge in [0.2, 0.25) is 0 Å². The summed E-state index contributed by atoms with van der Waals surface area (Å²) in [6, 6.07) is 2.01. The van der Waals surface area contributed by atoms with E-state index in [1.807, 2.05) is 0 Å². The number of esters is 1. The first kappa shape index (κ1) is 17.4. The number of halogens is 4. The maximum Gasteiger partial charge on any atom is 0.419 e. The van der Waals surface area contributed by atoms with Gasteiger partial charge in [-0.3, -0.25) is 5.43 Å². The van der Waals surface area contributed by atoms with E-state index in [4.69, 9.17) is 5.21 Å². The van der Waals surface area contributed by atoms with E-state index in [-0.39, 0.29) is 12.3 Å². The Morgan fingerprint density at radius 3 is 2.64 bits per heavy atom. The first-order valence-corrected chi connectivity index (χ1v) is 5.84. The van der Waals surface area contributed by atoms with Crippen LogP contribution >= 0.6 is 0 Å². The third-order valence-electron chi connectivity index (χ3n) is 2.24. The lowest BCUT2D eigenvalue weighted by atomic mass is 10.2. The Balaban J connectivity index is 2.96. The van der Waals surface area contributed by atoms with Crippen molar-refractivity contribution in [3.63, 3.8) is 0 Å². The normalized spacial score (nSPS) is 12.5. The molecule has 0 aromatic heterocycles. The molecule has 1 rings (SSSR count). The summed E-state index contributed by atoms with van der Waals surface area (Å²) in [4.78, 5) is 11.4. The van der Waals surface area contributed by atoms with E-state index in [0.717, 1.165) is 6.07 Å². The van der Waals surface area contributed by atoms with Crippen molar-refractivity contribution in [2.24, 2.45) is 10.3 Å². The highest BCUT2D eigenvalue weighted by atomic mass is 19.4. The minimum absolute atomic E-state index is 0.0338. The van der Waals surface area contributed by atoms with Crippen LogP contribution in [0.2, 0.25) is 0 Å². The number of hydrogen-bond acceptors (Lipinski definition) is 6. The number of rotatable bonds is 5. The van der Waals surface area contributed by atoms with Crippen molar-refractivity contribution in [1.29, 1.82) is 0 Å². The van der Waals surface area contributed by atoms with E-state index in [1.54, 1.807) is 0 Å². The maximum atomic E-state index is 13.3. The Kier molecular flexibility index (Phi) is 5.84. The Labute approximate surface area is 122 Å². The molecule has 0 radical (unpaired) electrons. The average molecular weight is 321 g/mol. The Morgan fingerprint density at radius 2 is 2.14 bits per heavy atom. The summed E-state index contributed by atoms with van der Waals surface area (Å²) in [5.41, 5.74) is 0.145. The first-order chi connectivity index (χ1) is 10.3. The van der Waals surface area contributed by atoms with Gasteiger partial charge >= 0.3 is 12.1 Å². The molecule has 0 atom stereocenters. The van der Waals surface area contributed by atoms with Crippen LogP contribution in [-0.4, -0.2) is 29.7 Å². The second-order valence-corrected chi connectivity index (χ2v) is 3.77. The van der Waals surface area contributed by atoms with E-state index in [2.05, 4.69) is 20.4 Å². The SMILES string of the molecule is CCOC(=O)C(/C=N/O)=N\Nc1ccc(C(F)(F)F)c(F)c1. The summed E-state index contributed by atoms with van der Waals surface area (Å²) >= 11 is 0. The molecule has 0 unspecified atom stereocenters. The highest BCUT2D eigenvalue weighted by Gasteiger charge is 2.33. The summed E-state index contributed by atoms with van der Waals surface area (Å²) in [5.74, 6) is -2.43. The second kappa shape index (κ2) is 7.38. The fraction of sp³-hybridized carbons (Fsp3) is 0.250. The van der Waals surface area contributed by atoms with Crippen molar-refractivity contribution >= 4 is 23.6 Å². The first-order valence-electron chi connectivity index (χ1n) is 5.84. The number of anilines is 1. The van der Waals surface area contributed by atoms with Crippen molar-refractivity contribution in [3.05, 3.63) is 29.6 Å². The molecule has 0 fully saturated rings. The largest absolute Gasteiger partial charge is 0.461 e. The Hall–Kier alpha value is -2.65. The third-order valence-corrected chi connectivity index (χ3v) is 2.24. The van der Waals surface area contributed by atoms with Crippen LogP contribution in [0.5, 0.6) is 0 Å². The van der Waals surface area contributed by atoms with Gasteiger partial charge in [0.25, 0.3) is 0 Å². The summed E-state index contributed by atoms with van der Waals surface area (Å²) in [6.07, 6.45) is -4.16. The molecule has 0 aliphatic heterocycles. The monoisotopic (exact) mass is 321 g/mol. The van der Waals surface area contributed by atoms with Gasteiger partial charge in [0, 0.05) is 0 Å². The molecule has 120 valence electrons. The summed E-state index contributed by atoms with van der Waals surface area (Å²) < 4.78 is 55.1. The zero-order valence-electron chi connectivity index (χ0n) is 11.2. The van der Waals surface area contributed by atoms with Crippen molar-refractivity contribution in [3.8, 4) is 0 Å². The molecule has 22 heavy (non-hydrogen) atoms. The summed E-state index contributed by atoms with van der Waals surface area (Å²) in [7, 11) is 0. The van der Waals surface area contributed by atoms with Crippen LogP contribution in [0.1, 0.15) is 12.5 Å². The van der Waals surface area contributed by atoms with Crippen LogP contribution < -0.4 is 5.43 Å². The van der Waals surface area contributed by atoms with Crippen molar-refractivity contribution in [2.45, 2.75) is 13.1 Å². The molecule has 0 aliphatic carbocycles. The van der Waals surface area contributed by atoms with E-state index < -0.39 is 29.2 Å². The average Bonchev–Trinajstić information content (AvgIpc) is 2.42. The van der Waals surface area contributed by atoms with Crippen LogP contribution in [0.25, 0.3) is 0 Å². The molecular weight excluding hydrogens is 310 g/mol. The van der Waals surface area contributed by atoms with Gasteiger partial charge in [-0.1, -0.05) is 5.16 Å². The molecular formula is C12H11F4N3O3. The number of hydrogen-bond donors (Lipinski definition) is 2. The van der Waals surface area contributed by atoms with Gasteiger partial charge in [0.15, 0.2) is 5.71 Å². The molecule has 0 heterocycles. The van der Waals surface area contributed by atoms with Crippen LogP contribution in [0, 0.1) is 5.82 Å². The predicted molar refractivity (Wildman–Crippen MR) is 69.4 cm³/mol. The van der Waals surface area contributed by atoms with Gasteiger partial charge in [-0.2, -0.15) is 18.3 Å². The Bertz CT molecular complexity index is 600. The highest BCUT2D eigenvalue weighted by Crippen LogP contribution is 2.32. The lowest BCUT2D eigenvalue weighted by Gasteiger charge is -2.09. The van der Waals surface area contributed by atoms with Gasteiger partial charge in [-0.15, -0.1) is 0 Å². The van der Waals surface area contributed by atoms with Crippen molar-refractivity contribution in [2.75, 3.05) is 12.0 Å².